The van der Waals surface area contributed by atoms with Crippen molar-refractivity contribution in [1.29, 1.82) is 0 Å². The number of rotatable bonds is 0. The molecule has 2 aromatic rings. The second-order valence-electron chi connectivity index (χ2n) is 2.67. The first-order chi connectivity index (χ1) is 6.16. The molecule has 1 aromatic carbocycles. The summed E-state index contributed by atoms with van der Waals surface area (Å²) in [6, 6.07) is 5.64. The quantitative estimate of drug-likeness (QED) is 0.756. The molecule has 2 rings (SSSR count). The van der Waals surface area contributed by atoms with E-state index in [-0.39, 0.29) is 11.4 Å². The molecule has 0 atom stereocenters. The van der Waals surface area contributed by atoms with Crippen LogP contribution in [0.4, 0.5) is 4.39 Å². The van der Waals surface area contributed by atoms with E-state index in [1.807, 2.05) is 0 Å². The Hall–Kier alpha value is -1.16. The molecule has 1 aromatic heterocycles. The first-order valence-electron chi connectivity index (χ1n) is 3.65. The molecule has 1 heterocycles. The Morgan fingerprint density at radius 3 is 2.85 bits per heavy atom. The fourth-order valence-electron chi connectivity index (χ4n) is 1.19. The number of hydrogen-bond donors (Lipinski definition) is 1. The van der Waals surface area contributed by atoms with Crippen molar-refractivity contribution in [3.63, 3.8) is 0 Å². The number of aromatic nitrogens is 1. The predicted molar refractivity (Wildman–Crippen MR) is 52.2 cm³/mol. The van der Waals surface area contributed by atoms with Crippen LogP contribution in [0.25, 0.3) is 10.9 Å². The Labute approximate surface area is 81.5 Å². The lowest BCUT2D eigenvalue weighted by molar-refractivity contribution is 0.629. The zero-order chi connectivity index (χ0) is 9.42. The number of halogens is 2. The van der Waals surface area contributed by atoms with Crippen molar-refractivity contribution in [1.82, 2.24) is 4.98 Å². The zero-order valence-electron chi connectivity index (χ0n) is 6.47. The molecule has 4 heteroatoms. The van der Waals surface area contributed by atoms with Crippen LogP contribution in [0.1, 0.15) is 0 Å². The highest BCUT2D eigenvalue weighted by molar-refractivity contribution is 9.10. The Morgan fingerprint density at radius 1 is 1.31 bits per heavy atom. The van der Waals surface area contributed by atoms with Gasteiger partial charge in [0.1, 0.15) is 5.82 Å². The molecule has 0 unspecified atom stereocenters. The molecule has 0 aliphatic rings. The third-order valence-corrected chi connectivity index (χ3v) is 2.37. The van der Waals surface area contributed by atoms with E-state index in [0.29, 0.717) is 15.4 Å². The molecule has 0 aliphatic carbocycles. The molecule has 2 nitrogen and oxygen atoms in total. The number of pyridine rings is 1. The largest absolute Gasteiger partial charge is 0.321 e. The molecule has 0 spiro atoms. The molecule has 0 bridgehead atoms. The molecular weight excluding hydrogens is 237 g/mol. The Morgan fingerprint density at radius 2 is 2.08 bits per heavy atom. The van der Waals surface area contributed by atoms with Crippen LogP contribution in [0.2, 0.25) is 0 Å². The van der Waals surface area contributed by atoms with E-state index >= 15 is 0 Å². The number of fused-ring (bicyclic) bond motifs is 1. The lowest BCUT2D eigenvalue weighted by Crippen LogP contribution is -2.02. The van der Waals surface area contributed by atoms with Gasteiger partial charge in [-0.25, -0.2) is 4.39 Å². The van der Waals surface area contributed by atoms with E-state index in [1.165, 1.54) is 18.2 Å². The van der Waals surface area contributed by atoms with Gasteiger partial charge in [0.25, 0.3) is 0 Å². The first-order valence-corrected chi connectivity index (χ1v) is 4.44. The minimum atomic E-state index is -0.327. The fourth-order valence-corrected chi connectivity index (χ4v) is 1.73. The van der Waals surface area contributed by atoms with Crippen molar-refractivity contribution >= 4 is 26.8 Å². The number of nitrogens with one attached hydrogen (secondary N) is 1. The summed E-state index contributed by atoms with van der Waals surface area (Å²) in [5, 5.41) is 0.673. The van der Waals surface area contributed by atoms with Gasteiger partial charge in [-0.1, -0.05) is 0 Å². The van der Waals surface area contributed by atoms with Crippen LogP contribution in [-0.4, -0.2) is 4.98 Å². The van der Waals surface area contributed by atoms with Gasteiger partial charge in [-0.05, 0) is 34.1 Å². The minimum absolute atomic E-state index is 0.195. The van der Waals surface area contributed by atoms with E-state index in [2.05, 4.69) is 20.9 Å². The highest BCUT2D eigenvalue weighted by Gasteiger charge is 2.01. The molecule has 1 N–H and O–H groups in total. The van der Waals surface area contributed by atoms with Gasteiger partial charge in [-0.2, -0.15) is 0 Å². The van der Waals surface area contributed by atoms with E-state index in [9.17, 15) is 9.18 Å². The van der Waals surface area contributed by atoms with Crippen LogP contribution in [0, 0.1) is 5.82 Å². The van der Waals surface area contributed by atoms with Gasteiger partial charge >= 0.3 is 0 Å². The van der Waals surface area contributed by atoms with Gasteiger partial charge in [0.05, 0.1) is 5.52 Å². The summed E-state index contributed by atoms with van der Waals surface area (Å²) in [6.07, 6.45) is 0. The summed E-state index contributed by atoms with van der Waals surface area (Å²) in [5.74, 6) is -0.327. The molecular formula is C9H5BrFNO. The van der Waals surface area contributed by atoms with Gasteiger partial charge in [0, 0.05) is 15.9 Å². The molecule has 0 radical (unpaired) electrons. The van der Waals surface area contributed by atoms with Crippen LogP contribution >= 0.6 is 15.9 Å². The monoisotopic (exact) mass is 241 g/mol. The minimum Gasteiger partial charge on any atom is -0.321 e. The second-order valence-corrected chi connectivity index (χ2v) is 3.53. The average molecular weight is 242 g/mol. The highest BCUT2D eigenvalue weighted by atomic mass is 79.9. The van der Waals surface area contributed by atoms with E-state index in [1.54, 1.807) is 6.07 Å². The maximum Gasteiger partial charge on any atom is 0.248 e. The summed E-state index contributed by atoms with van der Waals surface area (Å²) in [7, 11) is 0. The fraction of sp³-hybridized carbons (Fsp3) is 0. The van der Waals surface area contributed by atoms with Crippen molar-refractivity contribution < 1.29 is 4.39 Å². The van der Waals surface area contributed by atoms with Gasteiger partial charge in [0.15, 0.2) is 0 Å². The predicted octanol–water partition coefficient (Wildman–Crippen LogP) is 2.43. The van der Waals surface area contributed by atoms with Gasteiger partial charge in [0.2, 0.25) is 5.56 Å². The third-order valence-electron chi connectivity index (χ3n) is 1.75. The number of H-pyrrole nitrogens is 1. The lowest BCUT2D eigenvalue weighted by atomic mass is 10.2. The van der Waals surface area contributed by atoms with E-state index in [0.717, 1.165) is 0 Å². The van der Waals surface area contributed by atoms with Crippen molar-refractivity contribution in [2.75, 3.05) is 0 Å². The molecule has 0 saturated heterocycles. The van der Waals surface area contributed by atoms with Gasteiger partial charge in [-0.3, -0.25) is 4.79 Å². The zero-order valence-corrected chi connectivity index (χ0v) is 8.06. The maximum atomic E-state index is 12.9. The summed E-state index contributed by atoms with van der Waals surface area (Å²) in [4.78, 5) is 13.6. The van der Waals surface area contributed by atoms with Crippen LogP contribution in [0.5, 0.6) is 0 Å². The number of benzene rings is 1. The molecule has 0 saturated carbocycles. The third kappa shape index (κ3) is 1.49. The van der Waals surface area contributed by atoms with Crippen molar-refractivity contribution in [2.24, 2.45) is 0 Å². The standard InChI is InChI=1S/C9H5BrFNO/c10-7-4-6(11)3-5-1-2-8(13)12-9(5)7/h1-4H,(H,12,13). The molecule has 13 heavy (non-hydrogen) atoms. The van der Waals surface area contributed by atoms with Crippen molar-refractivity contribution in [3.05, 3.63) is 44.9 Å². The smallest absolute Gasteiger partial charge is 0.248 e. The van der Waals surface area contributed by atoms with Gasteiger partial charge < -0.3 is 4.98 Å². The maximum absolute atomic E-state index is 12.9. The van der Waals surface area contributed by atoms with E-state index in [4.69, 9.17) is 0 Å². The summed E-state index contributed by atoms with van der Waals surface area (Å²) >= 11 is 3.17. The van der Waals surface area contributed by atoms with Crippen molar-refractivity contribution in [3.8, 4) is 0 Å². The molecule has 0 amide bonds. The van der Waals surface area contributed by atoms with Crippen molar-refractivity contribution in [2.45, 2.75) is 0 Å². The molecule has 66 valence electrons. The first kappa shape index (κ1) is 8.44. The van der Waals surface area contributed by atoms with Crippen LogP contribution in [0.3, 0.4) is 0 Å². The Balaban J connectivity index is 2.95. The number of aromatic amines is 1. The SMILES string of the molecule is O=c1ccc2cc(F)cc(Br)c2[nH]1. The van der Waals surface area contributed by atoms with Gasteiger partial charge in [-0.15, -0.1) is 0 Å². The lowest BCUT2D eigenvalue weighted by Gasteiger charge is -1.99. The summed E-state index contributed by atoms with van der Waals surface area (Å²) in [6.45, 7) is 0. The van der Waals surface area contributed by atoms with Crippen LogP contribution in [-0.2, 0) is 0 Å². The molecule has 0 aliphatic heterocycles. The number of hydrogen-bond acceptors (Lipinski definition) is 1. The Bertz CT molecular complexity index is 520. The summed E-state index contributed by atoms with van der Waals surface area (Å²) in [5.41, 5.74) is 0.425. The second kappa shape index (κ2) is 2.96. The van der Waals surface area contributed by atoms with Crippen LogP contribution in [0.15, 0.2) is 33.5 Å². The van der Waals surface area contributed by atoms with E-state index < -0.39 is 0 Å². The average Bonchev–Trinajstić information content (AvgIpc) is 2.06. The topological polar surface area (TPSA) is 32.9 Å². The Kier molecular flexibility index (Phi) is 1.92. The van der Waals surface area contributed by atoms with Crippen LogP contribution < -0.4 is 5.56 Å². The normalized spacial score (nSPS) is 10.6. The highest BCUT2D eigenvalue weighted by Crippen LogP contribution is 2.21. The summed E-state index contributed by atoms with van der Waals surface area (Å²) < 4.78 is 13.4. The molecule has 0 fully saturated rings.